The highest BCUT2D eigenvalue weighted by molar-refractivity contribution is 9.10. The van der Waals surface area contributed by atoms with E-state index >= 15 is 0 Å². The zero-order valence-electron chi connectivity index (χ0n) is 23.9. The Balaban J connectivity index is 1.15. The van der Waals surface area contributed by atoms with Gasteiger partial charge in [-0.05, 0) is 80.4 Å². The van der Waals surface area contributed by atoms with Crippen LogP contribution in [-0.2, 0) is 11.3 Å². The van der Waals surface area contributed by atoms with Gasteiger partial charge in [0.15, 0.2) is 0 Å². The standard InChI is InChI=1S/C33H40BrN3O4/c1-39-33(38)30-13-11-27(24-32(30)41-28-9-4-2-5-10-28)37-20-18-36(19-21-37)25-26-23-29(12-14-31(26)34)40-22-8-17-35-15-6-3-7-16-35/h2,4-5,9-14,23-24H,3,6-8,15-22,25H2,1H3. The van der Waals surface area contributed by atoms with Gasteiger partial charge in [-0.25, -0.2) is 4.79 Å². The predicted octanol–water partition coefficient (Wildman–Crippen LogP) is 6.61. The first-order chi connectivity index (χ1) is 20.1. The smallest absolute Gasteiger partial charge is 0.341 e. The molecule has 3 aromatic carbocycles. The minimum atomic E-state index is -0.411. The molecule has 8 heteroatoms. The molecule has 3 aromatic rings. The normalized spacial score (nSPS) is 16.4. The van der Waals surface area contributed by atoms with Crippen LogP contribution in [0.25, 0.3) is 0 Å². The molecular weight excluding hydrogens is 582 g/mol. The molecule has 2 heterocycles. The highest BCUT2D eigenvalue weighted by Crippen LogP contribution is 2.32. The molecule has 0 N–H and O–H groups in total. The lowest BCUT2D eigenvalue weighted by Crippen LogP contribution is -2.46. The molecule has 7 nitrogen and oxygen atoms in total. The molecule has 218 valence electrons. The number of carbonyl (C=O) groups excluding carboxylic acids is 1. The summed E-state index contributed by atoms with van der Waals surface area (Å²) in [5, 5.41) is 0. The van der Waals surface area contributed by atoms with E-state index in [-0.39, 0.29) is 0 Å². The summed E-state index contributed by atoms with van der Waals surface area (Å²) in [4.78, 5) is 19.8. The molecule has 0 radical (unpaired) electrons. The van der Waals surface area contributed by atoms with E-state index in [9.17, 15) is 4.79 Å². The van der Waals surface area contributed by atoms with Gasteiger partial charge in [0.1, 0.15) is 22.8 Å². The summed E-state index contributed by atoms with van der Waals surface area (Å²) < 4.78 is 18.3. The van der Waals surface area contributed by atoms with Gasteiger partial charge in [-0.2, -0.15) is 0 Å². The van der Waals surface area contributed by atoms with Gasteiger partial charge in [-0.15, -0.1) is 0 Å². The van der Waals surface area contributed by atoms with E-state index in [1.54, 1.807) is 6.07 Å². The van der Waals surface area contributed by atoms with Crippen molar-refractivity contribution in [2.45, 2.75) is 32.2 Å². The van der Waals surface area contributed by atoms with Crippen molar-refractivity contribution in [2.75, 3.05) is 64.4 Å². The van der Waals surface area contributed by atoms with Gasteiger partial charge in [-0.1, -0.05) is 40.5 Å². The summed E-state index contributed by atoms with van der Waals surface area (Å²) in [6.45, 7) is 8.83. The fourth-order valence-corrected chi connectivity index (χ4v) is 5.89. The van der Waals surface area contributed by atoms with Gasteiger partial charge >= 0.3 is 5.97 Å². The first kappa shape index (κ1) is 29.4. The van der Waals surface area contributed by atoms with E-state index in [2.05, 4.69) is 48.8 Å². The number of para-hydroxylation sites is 1. The lowest BCUT2D eigenvalue weighted by Gasteiger charge is -2.36. The fraction of sp³-hybridized carbons (Fsp3) is 0.424. The van der Waals surface area contributed by atoms with Crippen LogP contribution >= 0.6 is 15.9 Å². The molecule has 2 fully saturated rings. The topological polar surface area (TPSA) is 54.5 Å². The maximum atomic E-state index is 12.4. The zero-order chi connectivity index (χ0) is 28.4. The number of esters is 1. The molecule has 0 saturated carbocycles. The third-order valence-electron chi connectivity index (χ3n) is 7.83. The number of piperazine rings is 1. The monoisotopic (exact) mass is 621 g/mol. The number of piperidine rings is 1. The Labute approximate surface area is 252 Å². The average Bonchev–Trinajstić information content (AvgIpc) is 3.02. The van der Waals surface area contributed by atoms with Crippen molar-refractivity contribution in [2.24, 2.45) is 0 Å². The number of ether oxygens (including phenoxy) is 3. The van der Waals surface area contributed by atoms with Crippen molar-refractivity contribution < 1.29 is 19.0 Å². The van der Waals surface area contributed by atoms with E-state index in [1.807, 2.05) is 42.5 Å². The number of benzene rings is 3. The third kappa shape index (κ3) is 8.24. The Kier molecular flexibility index (Phi) is 10.6. The summed E-state index contributed by atoms with van der Waals surface area (Å²) in [5.41, 5.74) is 2.69. The average molecular weight is 623 g/mol. The second-order valence-corrected chi connectivity index (χ2v) is 11.6. The predicted molar refractivity (Wildman–Crippen MR) is 166 cm³/mol. The Hall–Kier alpha value is -3.07. The summed E-state index contributed by atoms with van der Waals surface area (Å²) >= 11 is 3.75. The summed E-state index contributed by atoms with van der Waals surface area (Å²) in [5.74, 6) is 1.71. The number of halogens is 1. The third-order valence-corrected chi connectivity index (χ3v) is 8.60. The van der Waals surface area contributed by atoms with Crippen LogP contribution < -0.4 is 14.4 Å². The van der Waals surface area contributed by atoms with E-state index in [0.29, 0.717) is 17.1 Å². The zero-order valence-corrected chi connectivity index (χ0v) is 25.5. The highest BCUT2D eigenvalue weighted by atomic mass is 79.9. The molecule has 0 bridgehead atoms. The lowest BCUT2D eigenvalue weighted by molar-refractivity contribution is 0.0598. The van der Waals surface area contributed by atoms with Gasteiger partial charge in [0.05, 0.1) is 13.7 Å². The number of hydrogen-bond acceptors (Lipinski definition) is 7. The highest BCUT2D eigenvalue weighted by Gasteiger charge is 2.21. The molecule has 0 aliphatic carbocycles. The van der Waals surface area contributed by atoms with E-state index in [4.69, 9.17) is 14.2 Å². The van der Waals surface area contributed by atoms with Gasteiger partial charge in [-0.3, -0.25) is 4.90 Å². The van der Waals surface area contributed by atoms with Crippen molar-refractivity contribution in [1.82, 2.24) is 9.80 Å². The number of nitrogens with zero attached hydrogens (tertiary/aromatic N) is 3. The second kappa shape index (κ2) is 14.7. The molecule has 2 aliphatic heterocycles. The fourth-order valence-electron chi connectivity index (χ4n) is 5.51. The van der Waals surface area contributed by atoms with Crippen molar-refractivity contribution in [3.63, 3.8) is 0 Å². The number of methoxy groups -OCH3 is 1. The summed E-state index contributed by atoms with van der Waals surface area (Å²) in [7, 11) is 1.39. The van der Waals surface area contributed by atoms with Crippen molar-refractivity contribution >= 4 is 27.6 Å². The van der Waals surface area contributed by atoms with Crippen LogP contribution in [0.3, 0.4) is 0 Å². The molecule has 2 aliphatic rings. The number of rotatable bonds is 11. The Bertz CT molecular complexity index is 1270. The Morgan fingerprint density at radius 1 is 0.829 bits per heavy atom. The first-order valence-electron chi connectivity index (χ1n) is 14.7. The van der Waals surface area contributed by atoms with Gasteiger partial charge in [0.2, 0.25) is 0 Å². The molecule has 2 saturated heterocycles. The number of anilines is 1. The minimum absolute atomic E-state index is 0.411. The maximum absolute atomic E-state index is 12.4. The van der Waals surface area contributed by atoms with Crippen LogP contribution in [0.1, 0.15) is 41.6 Å². The van der Waals surface area contributed by atoms with Gasteiger partial charge in [0, 0.05) is 55.5 Å². The first-order valence-corrected chi connectivity index (χ1v) is 15.4. The lowest BCUT2D eigenvalue weighted by atomic mass is 10.1. The van der Waals surface area contributed by atoms with Crippen molar-refractivity contribution in [1.29, 1.82) is 0 Å². The molecule has 0 spiro atoms. The Morgan fingerprint density at radius 2 is 1.61 bits per heavy atom. The Morgan fingerprint density at radius 3 is 2.37 bits per heavy atom. The van der Waals surface area contributed by atoms with E-state index in [1.165, 1.54) is 45.0 Å². The largest absolute Gasteiger partial charge is 0.494 e. The molecule has 41 heavy (non-hydrogen) atoms. The number of carbonyl (C=O) groups is 1. The van der Waals surface area contributed by atoms with Crippen LogP contribution in [0.2, 0.25) is 0 Å². The van der Waals surface area contributed by atoms with Gasteiger partial charge in [0.25, 0.3) is 0 Å². The maximum Gasteiger partial charge on any atom is 0.341 e. The summed E-state index contributed by atoms with van der Waals surface area (Å²) in [6, 6.07) is 21.5. The number of likely N-dealkylation sites (tertiary alicyclic amines) is 1. The minimum Gasteiger partial charge on any atom is -0.494 e. The second-order valence-electron chi connectivity index (χ2n) is 10.7. The van der Waals surface area contributed by atoms with Crippen LogP contribution in [0, 0.1) is 0 Å². The van der Waals surface area contributed by atoms with Gasteiger partial charge < -0.3 is 24.0 Å². The molecule has 0 amide bonds. The van der Waals surface area contributed by atoms with Crippen LogP contribution in [-0.4, -0.2) is 75.3 Å². The van der Waals surface area contributed by atoms with E-state index in [0.717, 1.165) is 68.2 Å². The molecule has 0 unspecified atom stereocenters. The summed E-state index contributed by atoms with van der Waals surface area (Å²) in [6.07, 6.45) is 5.09. The molecule has 0 atom stereocenters. The van der Waals surface area contributed by atoms with Crippen LogP contribution in [0.15, 0.2) is 71.2 Å². The van der Waals surface area contributed by atoms with Crippen LogP contribution in [0.5, 0.6) is 17.2 Å². The molecule has 5 rings (SSSR count). The van der Waals surface area contributed by atoms with E-state index < -0.39 is 5.97 Å². The van der Waals surface area contributed by atoms with Crippen molar-refractivity contribution in [3.05, 3.63) is 82.3 Å². The van der Waals surface area contributed by atoms with Crippen LogP contribution in [0.4, 0.5) is 5.69 Å². The molecule has 0 aromatic heterocycles. The number of hydrogen-bond donors (Lipinski definition) is 0. The quantitative estimate of drug-likeness (QED) is 0.176. The molecular formula is C33H40BrN3O4. The van der Waals surface area contributed by atoms with Crippen molar-refractivity contribution in [3.8, 4) is 17.2 Å². The SMILES string of the molecule is COC(=O)c1ccc(N2CCN(Cc3cc(OCCCN4CCCCC4)ccc3Br)CC2)cc1Oc1ccccc1.